The fraction of sp³-hybridized carbons (Fsp3) is 0.211. The predicted octanol–water partition coefficient (Wildman–Crippen LogP) is 4.76. The number of halogens is 1. The van der Waals surface area contributed by atoms with Crippen LogP contribution in [0, 0.1) is 0 Å². The molecule has 0 amide bonds. The molecule has 1 atom stereocenters. The average molecular weight is 388 g/mol. The largest absolute Gasteiger partial charge is 0.220 e. The van der Waals surface area contributed by atoms with Gasteiger partial charge in [-0.25, -0.2) is 4.57 Å². The third-order valence-electron chi connectivity index (χ3n) is 3.96. The third kappa shape index (κ3) is 2.82. The molecular formula is C19H19IN+. The topological polar surface area (TPSA) is 3.88 Å². The maximum absolute atomic E-state index is 2.47. The molecule has 21 heavy (non-hydrogen) atoms. The number of rotatable bonds is 1. The van der Waals surface area contributed by atoms with Crippen LogP contribution < -0.4 is 4.57 Å². The van der Waals surface area contributed by atoms with Gasteiger partial charge < -0.3 is 0 Å². The lowest BCUT2D eigenvalue weighted by molar-refractivity contribution is -0.672. The molecule has 1 unspecified atom stereocenters. The van der Waals surface area contributed by atoms with Crippen LogP contribution in [0.25, 0.3) is 16.3 Å². The van der Waals surface area contributed by atoms with Crippen molar-refractivity contribution < 1.29 is 4.57 Å². The van der Waals surface area contributed by atoms with Crippen LogP contribution in [0.5, 0.6) is 0 Å². The van der Waals surface area contributed by atoms with Crippen molar-refractivity contribution in [3.05, 3.63) is 72.1 Å². The summed E-state index contributed by atoms with van der Waals surface area (Å²) in [5.74, 6) is 0. The van der Waals surface area contributed by atoms with Crippen molar-refractivity contribution in [2.24, 2.45) is 7.05 Å². The Kier molecular flexibility index (Phi) is 3.74. The molecule has 1 aliphatic carbocycles. The SMILES string of the molecule is CC1=C(c2c3ccccc3cc[n+]2C)C=CC(C)(I)C=C1. The summed E-state index contributed by atoms with van der Waals surface area (Å²) >= 11 is 2.47. The Labute approximate surface area is 139 Å². The van der Waals surface area contributed by atoms with Crippen molar-refractivity contribution in [3.8, 4) is 0 Å². The van der Waals surface area contributed by atoms with Crippen molar-refractivity contribution in [1.82, 2.24) is 0 Å². The number of benzene rings is 1. The van der Waals surface area contributed by atoms with Crippen LogP contribution in [0.1, 0.15) is 19.5 Å². The summed E-state index contributed by atoms with van der Waals surface area (Å²) in [4.78, 5) is 0. The van der Waals surface area contributed by atoms with E-state index in [4.69, 9.17) is 0 Å². The lowest BCUT2D eigenvalue weighted by Gasteiger charge is -2.10. The van der Waals surface area contributed by atoms with Gasteiger partial charge in [0.15, 0.2) is 6.20 Å². The second kappa shape index (κ2) is 5.41. The van der Waals surface area contributed by atoms with E-state index < -0.39 is 0 Å². The van der Waals surface area contributed by atoms with Gasteiger partial charge in [-0.05, 0) is 30.9 Å². The van der Waals surface area contributed by atoms with Crippen molar-refractivity contribution in [1.29, 1.82) is 0 Å². The van der Waals surface area contributed by atoms with Crippen molar-refractivity contribution >= 4 is 38.9 Å². The monoisotopic (exact) mass is 388 g/mol. The molecule has 2 aromatic rings. The van der Waals surface area contributed by atoms with Crippen molar-refractivity contribution in [2.45, 2.75) is 17.3 Å². The van der Waals surface area contributed by atoms with E-state index >= 15 is 0 Å². The van der Waals surface area contributed by atoms with E-state index in [0.717, 1.165) is 0 Å². The number of pyridine rings is 1. The predicted molar refractivity (Wildman–Crippen MR) is 98.4 cm³/mol. The average Bonchev–Trinajstić information content (AvgIpc) is 2.59. The summed E-state index contributed by atoms with van der Waals surface area (Å²) in [5, 5.41) is 2.58. The molecule has 0 radical (unpaired) electrons. The second-order valence-electron chi connectivity index (χ2n) is 5.78. The Bertz CT molecular complexity index is 794. The molecule has 0 saturated heterocycles. The van der Waals surface area contributed by atoms with E-state index in [2.05, 4.69) is 109 Å². The first-order valence-corrected chi connectivity index (χ1v) is 8.22. The van der Waals surface area contributed by atoms with Crippen LogP contribution in [0.3, 0.4) is 0 Å². The highest BCUT2D eigenvalue weighted by Gasteiger charge is 2.21. The molecule has 0 fully saturated rings. The molecule has 1 heterocycles. The highest BCUT2D eigenvalue weighted by molar-refractivity contribution is 14.1. The number of allylic oxidation sites excluding steroid dienone is 6. The summed E-state index contributed by atoms with van der Waals surface area (Å²) < 4.78 is 2.29. The number of fused-ring (bicyclic) bond motifs is 1. The van der Waals surface area contributed by atoms with Crippen LogP contribution in [0.2, 0.25) is 0 Å². The molecule has 0 saturated carbocycles. The van der Waals surface area contributed by atoms with Gasteiger partial charge in [0.1, 0.15) is 7.05 Å². The first-order chi connectivity index (χ1) is 9.98. The van der Waals surface area contributed by atoms with Gasteiger partial charge in [-0.3, -0.25) is 0 Å². The zero-order valence-corrected chi connectivity index (χ0v) is 14.8. The molecule has 0 N–H and O–H groups in total. The lowest BCUT2D eigenvalue weighted by atomic mass is 9.99. The summed E-state index contributed by atoms with van der Waals surface area (Å²) in [6, 6.07) is 10.8. The number of hydrogen-bond acceptors (Lipinski definition) is 0. The fourth-order valence-corrected chi connectivity index (χ4v) is 3.09. The van der Waals surface area contributed by atoms with Gasteiger partial charge in [-0.1, -0.05) is 65.1 Å². The summed E-state index contributed by atoms with van der Waals surface area (Å²) in [7, 11) is 2.12. The van der Waals surface area contributed by atoms with Gasteiger partial charge in [-0.15, -0.1) is 0 Å². The molecule has 0 spiro atoms. The van der Waals surface area contributed by atoms with Crippen LogP contribution >= 0.6 is 22.6 Å². The first-order valence-electron chi connectivity index (χ1n) is 7.14. The number of aryl methyl sites for hydroxylation is 1. The van der Waals surface area contributed by atoms with Gasteiger partial charge in [-0.2, -0.15) is 0 Å². The summed E-state index contributed by atoms with van der Waals surface area (Å²) in [6.07, 6.45) is 11.2. The zero-order valence-electron chi connectivity index (χ0n) is 12.6. The van der Waals surface area contributed by atoms with Gasteiger partial charge >= 0.3 is 0 Å². The number of hydrogen-bond donors (Lipinski definition) is 0. The number of nitrogens with zero attached hydrogens (tertiary/aromatic N) is 1. The zero-order chi connectivity index (χ0) is 15.0. The van der Waals surface area contributed by atoms with E-state index in [0.29, 0.717) is 0 Å². The fourth-order valence-electron chi connectivity index (χ4n) is 2.73. The van der Waals surface area contributed by atoms with Gasteiger partial charge in [0.05, 0.1) is 8.81 Å². The molecule has 1 nitrogen and oxygen atoms in total. The van der Waals surface area contributed by atoms with Crippen LogP contribution in [0.15, 0.2) is 66.4 Å². The van der Waals surface area contributed by atoms with E-state index in [1.807, 2.05) is 0 Å². The minimum Gasteiger partial charge on any atom is -0.200 e. The molecular weight excluding hydrogens is 369 g/mol. The maximum atomic E-state index is 2.47. The van der Waals surface area contributed by atoms with E-state index in [1.165, 1.54) is 27.6 Å². The van der Waals surface area contributed by atoms with Crippen LogP contribution in [-0.2, 0) is 7.05 Å². The number of alkyl halides is 1. The third-order valence-corrected chi connectivity index (χ3v) is 4.68. The lowest BCUT2D eigenvalue weighted by Crippen LogP contribution is -2.32. The quantitative estimate of drug-likeness (QED) is 0.377. The Morgan fingerprint density at radius 3 is 2.57 bits per heavy atom. The van der Waals surface area contributed by atoms with Crippen LogP contribution in [0.4, 0.5) is 0 Å². The molecule has 0 aliphatic heterocycles. The Hall–Kier alpha value is -1.42. The van der Waals surface area contributed by atoms with Crippen molar-refractivity contribution in [3.63, 3.8) is 0 Å². The van der Waals surface area contributed by atoms with E-state index in [1.54, 1.807) is 0 Å². The maximum Gasteiger partial charge on any atom is 0.220 e. The Balaban J connectivity index is 2.30. The molecule has 3 rings (SSSR count). The smallest absolute Gasteiger partial charge is 0.200 e. The normalized spacial score (nSPS) is 21.9. The molecule has 1 aromatic heterocycles. The first kappa shape index (κ1) is 14.5. The molecule has 0 bridgehead atoms. The van der Waals surface area contributed by atoms with Gasteiger partial charge in [0, 0.05) is 11.6 Å². The molecule has 106 valence electrons. The molecule has 1 aromatic carbocycles. The summed E-state index contributed by atoms with van der Waals surface area (Å²) in [6.45, 7) is 4.41. The molecule has 1 aliphatic rings. The van der Waals surface area contributed by atoms with Crippen LogP contribution in [-0.4, -0.2) is 3.42 Å². The molecule has 2 heteroatoms. The minimum atomic E-state index is 0.0733. The van der Waals surface area contributed by atoms with E-state index in [9.17, 15) is 0 Å². The van der Waals surface area contributed by atoms with Gasteiger partial charge in [0.25, 0.3) is 0 Å². The standard InChI is InChI=1S/C19H19IN/c1-14-8-11-19(2,20)12-9-16(14)18-17-7-5-4-6-15(17)10-13-21(18)3/h4-13H,1-3H3/q+1. The van der Waals surface area contributed by atoms with Crippen molar-refractivity contribution in [2.75, 3.05) is 0 Å². The Morgan fingerprint density at radius 1 is 1.05 bits per heavy atom. The van der Waals surface area contributed by atoms with Gasteiger partial charge in [0.2, 0.25) is 5.69 Å². The highest BCUT2D eigenvalue weighted by atomic mass is 127. The van der Waals surface area contributed by atoms with E-state index in [-0.39, 0.29) is 3.42 Å². The highest BCUT2D eigenvalue weighted by Crippen LogP contribution is 2.32. The number of aromatic nitrogens is 1. The minimum absolute atomic E-state index is 0.0733. The summed E-state index contributed by atoms with van der Waals surface area (Å²) in [5.41, 5.74) is 3.88. The second-order valence-corrected chi connectivity index (χ2v) is 8.10. The Morgan fingerprint density at radius 2 is 1.76 bits per heavy atom.